The summed E-state index contributed by atoms with van der Waals surface area (Å²) in [6, 6.07) is 13.1. The van der Waals surface area contributed by atoms with E-state index in [9.17, 15) is 9.59 Å². The molecule has 0 radical (unpaired) electrons. The van der Waals surface area contributed by atoms with Gasteiger partial charge in [-0.1, -0.05) is 30.3 Å². The highest BCUT2D eigenvalue weighted by atomic mass is 16.5. The number of benzene rings is 2. The second-order valence-electron chi connectivity index (χ2n) is 6.38. The first kappa shape index (κ1) is 16.3. The van der Waals surface area contributed by atoms with E-state index in [1.165, 1.54) is 7.11 Å². The van der Waals surface area contributed by atoms with Crippen LogP contribution in [-0.2, 0) is 11.2 Å². The quantitative estimate of drug-likeness (QED) is 0.738. The van der Waals surface area contributed by atoms with E-state index in [2.05, 4.69) is 10.3 Å². The Morgan fingerprint density at radius 2 is 2.00 bits per heavy atom. The molecule has 1 aromatic heterocycles. The molecule has 0 aliphatic heterocycles. The number of carbonyl (C=O) groups excluding carboxylic acids is 2. The van der Waals surface area contributed by atoms with Gasteiger partial charge in [-0.3, -0.25) is 9.78 Å². The van der Waals surface area contributed by atoms with E-state index in [0.29, 0.717) is 11.1 Å². The third-order valence-electron chi connectivity index (χ3n) is 4.86. The number of esters is 1. The van der Waals surface area contributed by atoms with E-state index in [1.54, 1.807) is 18.5 Å². The molecule has 0 spiro atoms. The summed E-state index contributed by atoms with van der Waals surface area (Å²) in [5.74, 6) is -0.529. The van der Waals surface area contributed by atoms with Gasteiger partial charge in [-0.15, -0.1) is 0 Å². The van der Waals surface area contributed by atoms with Crippen LogP contribution in [0.25, 0.3) is 10.8 Å². The Bertz CT molecular complexity index is 1010. The minimum atomic E-state index is -0.372. The summed E-state index contributed by atoms with van der Waals surface area (Å²) in [6.45, 7) is 0. The van der Waals surface area contributed by atoms with Crippen molar-refractivity contribution in [2.24, 2.45) is 0 Å². The maximum atomic E-state index is 12.9. The summed E-state index contributed by atoms with van der Waals surface area (Å²) in [5, 5.41) is 4.90. The van der Waals surface area contributed by atoms with Crippen molar-refractivity contribution in [1.82, 2.24) is 10.3 Å². The van der Waals surface area contributed by atoms with Crippen LogP contribution in [0.2, 0.25) is 0 Å². The van der Waals surface area contributed by atoms with Gasteiger partial charge >= 0.3 is 5.97 Å². The lowest BCUT2D eigenvalue weighted by Gasteiger charge is -2.15. The van der Waals surface area contributed by atoms with Gasteiger partial charge in [0, 0.05) is 17.8 Å². The molecule has 0 bridgehead atoms. The molecule has 130 valence electrons. The van der Waals surface area contributed by atoms with E-state index in [1.807, 2.05) is 36.4 Å². The number of hydrogen-bond donors (Lipinski definition) is 1. The standard InChI is InChI=1S/C21H18N2O3/c1-26-21(25)14-7-6-13-8-9-19(17(13)10-14)23-20(24)18-12-22-11-15-4-2-3-5-16(15)18/h2-7,10-12,19H,8-9H2,1H3,(H,23,24). The van der Waals surface area contributed by atoms with E-state index in [0.717, 1.165) is 34.7 Å². The van der Waals surface area contributed by atoms with Gasteiger partial charge in [0.25, 0.3) is 5.91 Å². The summed E-state index contributed by atoms with van der Waals surface area (Å²) in [7, 11) is 1.36. The molecule has 0 saturated carbocycles. The normalized spacial score (nSPS) is 15.5. The van der Waals surface area contributed by atoms with Gasteiger partial charge < -0.3 is 10.1 Å². The van der Waals surface area contributed by atoms with Crippen LogP contribution in [0.5, 0.6) is 0 Å². The largest absolute Gasteiger partial charge is 0.465 e. The highest BCUT2D eigenvalue weighted by molar-refractivity contribution is 6.06. The fraction of sp³-hybridized carbons (Fsp3) is 0.190. The van der Waals surface area contributed by atoms with Gasteiger partial charge in [-0.25, -0.2) is 4.79 Å². The maximum Gasteiger partial charge on any atom is 0.337 e. The summed E-state index contributed by atoms with van der Waals surface area (Å²) in [6.07, 6.45) is 5.03. The topological polar surface area (TPSA) is 68.3 Å². The average Bonchev–Trinajstić information content (AvgIpc) is 3.08. The van der Waals surface area contributed by atoms with E-state index in [4.69, 9.17) is 4.74 Å². The highest BCUT2D eigenvalue weighted by Crippen LogP contribution is 2.32. The number of aromatic nitrogens is 1. The lowest BCUT2D eigenvalue weighted by molar-refractivity contribution is 0.0600. The molecule has 2 aromatic carbocycles. The number of pyridine rings is 1. The predicted molar refractivity (Wildman–Crippen MR) is 98.1 cm³/mol. The number of nitrogens with zero attached hydrogens (tertiary/aromatic N) is 1. The van der Waals surface area contributed by atoms with Crippen LogP contribution in [0.1, 0.15) is 44.3 Å². The fourth-order valence-corrected chi connectivity index (χ4v) is 3.53. The third-order valence-corrected chi connectivity index (χ3v) is 4.86. The molecule has 1 atom stereocenters. The van der Waals surface area contributed by atoms with Crippen LogP contribution in [0, 0.1) is 0 Å². The molecule has 1 N–H and O–H groups in total. The zero-order valence-corrected chi connectivity index (χ0v) is 14.4. The number of nitrogens with one attached hydrogen (secondary N) is 1. The summed E-state index contributed by atoms with van der Waals surface area (Å²) < 4.78 is 4.80. The molecule has 1 unspecified atom stereocenters. The number of amides is 1. The predicted octanol–water partition coefficient (Wildman–Crippen LogP) is 3.44. The smallest absolute Gasteiger partial charge is 0.337 e. The molecule has 5 nitrogen and oxygen atoms in total. The van der Waals surface area contributed by atoms with Crippen LogP contribution in [-0.4, -0.2) is 24.0 Å². The first-order chi connectivity index (χ1) is 12.7. The Labute approximate surface area is 151 Å². The van der Waals surface area contributed by atoms with Crippen molar-refractivity contribution in [2.75, 3.05) is 7.11 Å². The summed E-state index contributed by atoms with van der Waals surface area (Å²) in [5.41, 5.74) is 3.19. The SMILES string of the molecule is COC(=O)c1ccc2c(c1)C(NC(=O)c1cncc3ccccc13)CC2. The Hall–Kier alpha value is -3.21. The number of ether oxygens (including phenoxy) is 1. The molecule has 5 heteroatoms. The van der Waals surface area contributed by atoms with Crippen LogP contribution >= 0.6 is 0 Å². The number of aryl methyl sites for hydroxylation is 1. The molecule has 1 amide bonds. The van der Waals surface area contributed by atoms with Crippen molar-refractivity contribution in [3.05, 3.63) is 77.1 Å². The second kappa shape index (κ2) is 6.59. The van der Waals surface area contributed by atoms with Crippen molar-refractivity contribution >= 4 is 22.6 Å². The zero-order valence-electron chi connectivity index (χ0n) is 14.4. The van der Waals surface area contributed by atoms with Crippen LogP contribution in [0.15, 0.2) is 54.9 Å². The molecule has 3 aromatic rings. The Balaban J connectivity index is 1.63. The van der Waals surface area contributed by atoms with Gasteiger partial charge in [0.15, 0.2) is 0 Å². The number of fused-ring (bicyclic) bond motifs is 2. The minimum Gasteiger partial charge on any atom is -0.465 e. The molecule has 1 aliphatic rings. The summed E-state index contributed by atoms with van der Waals surface area (Å²) in [4.78, 5) is 28.8. The number of hydrogen-bond acceptors (Lipinski definition) is 4. The highest BCUT2D eigenvalue weighted by Gasteiger charge is 2.26. The molecule has 0 saturated heterocycles. The van der Waals surface area contributed by atoms with Crippen LogP contribution in [0.4, 0.5) is 0 Å². The lowest BCUT2D eigenvalue weighted by atomic mass is 10.0. The van der Waals surface area contributed by atoms with Crippen molar-refractivity contribution in [2.45, 2.75) is 18.9 Å². The van der Waals surface area contributed by atoms with Crippen molar-refractivity contribution < 1.29 is 14.3 Å². The van der Waals surface area contributed by atoms with Crippen molar-refractivity contribution in [3.8, 4) is 0 Å². The average molecular weight is 346 g/mol. The first-order valence-corrected chi connectivity index (χ1v) is 8.52. The van der Waals surface area contributed by atoms with Crippen molar-refractivity contribution in [1.29, 1.82) is 0 Å². The molecule has 1 heterocycles. The molecule has 26 heavy (non-hydrogen) atoms. The fourth-order valence-electron chi connectivity index (χ4n) is 3.53. The van der Waals surface area contributed by atoms with E-state index >= 15 is 0 Å². The Morgan fingerprint density at radius 3 is 2.85 bits per heavy atom. The van der Waals surface area contributed by atoms with E-state index < -0.39 is 0 Å². The third kappa shape index (κ3) is 2.81. The van der Waals surface area contributed by atoms with E-state index in [-0.39, 0.29) is 17.9 Å². The second-order valence-corrected chi connectivity index (χ2v) is 6.38. The lowest BCUT2D eigenvalue weighted by Crippen LogP contribution is -2.27. The minimum absolute atomic E-state index is 0.124. The molecule has 0 fully saturated rings. The van der Waals surface area contributed by atoms with Gasteiger partial charge in [0.05, 0.1) is 24.3 Å². The zero-order chi connectivity index (χ0) is 18.1. The first-order valence-electron chi connectivity index (χ1n) is 8.52. The molecule has 1 aliphatic carbocycles. The van der Waals surface area contributed by atoms with Gasteiger partial charge in [0.1, 0.15) is 0 Å². The van der Waals surface area contributed by atoms with Crippen LogP contribution in [0.3, 0.4) is 0 Å². The summed E-state index contributed by atoms with van der Waals surface area (Å²) >= 11 is 0. The van der Waals surface area contributed by atoms with Gasteiger partial charge in [-0.05, 0) is 41.5 Å². The van der Waals surface area contributed by atoms with Gasteiger partial charge in [0.2, 0.25) is 0 Å². The molecular weight excluding hydrogens is 328 g/mol. The Kier molecular flexibility index (Phi) is 4.13. The molecule has 4 rings (SSSR count). The van der Waals surface area contributed by atoms with Crippen LogP contribution < -0.4 is 5.32 Å². The number of carbonyl (C=O) groups is 2. The Morgan fingerprint density at radius 1 is 1.15 bits per heavy atom. The monoisotopic (exact) mass is 346 g/mol. The van der Waals surface area contributed by atoms with Crippen molar-refractivity contribution in [3.63, 3.8) is 0 Å². The van der Waals surface area contributed by atoms with Gasteiger partial charge in [-0.2, -0.15) is 0 Å². The molecular formula is C21H18N2O3. The number of rotatable bonds is 3. The number of methoxy groups -OCH3 is 1. The maximum absolute atomic E-state index is 12.9.